The molecule has 1 rings (SSSR count). The summed E-state index contributed by atoms with van der Waals surface area (Å²) in [5, 5.41) is 3.38. The quantitative estimate of drug-likeness (QED) is 0.774. The normalized spacial score (nSPS) is 12.0. The molecule has 128 valence electrons. The fraction of sp³-hybridized carbons (Fsp3) is 0.529. The fourth-order valence-electron chi connectivity index (χ4n) is 1.91. The Kier molecular flexibility index (Phi) is 7.36. The molecule has 0 aliphatic heterocycles. The van der Waals surface area contributed by atoms with Crippen LogP contribution in [0.1, 0.15) is 31.9 Å². The van der Waals surface area contributed by atoms with Crippen LogP contribution in [-0.2, 0) is 14.3 Å². The SMILES string of the molecule is Cc1cc(Cl)cc(C)c1OCC(=O)OCC(=O)N[C@H](C)C(C)C. The third-order valence-corrected chi connectivity index (χ3v) is 3.73. The second-order valence-electron chi connectivity index (χ2n) is 5.92. The van der Waals surface area contributed by atoms with Gasteiger partial charge in [0.15, 0.2) is 13.2 Å². The van der Waals surface area contributed by atoms with Gasteiger partial charge in [0.2, 0.25) is 0 Å². The lowest BCUT2D eigenvalue weighted by molar-refractivity contribution is -0.150. The summed E-state index contributed by atoms with van der Waals surface area (Å²) < 4.78 is 10.4. The highest BCUT2D eigenvalue weighted by molar-refractivity contribution is 6.30. The molecule has 0 aliphatic rings. The molecule has 0 aliphatic carbocycles. The lowest BCUT2D eigenvalue weighted by Crippen LogP contribution is -2.39. The Balaban J connectivity index is 2.42. The summed E-state index contributed by atoms with van der Waals surface area (Å²) in [6.45, 7) is 9.04. The van der Waals surface area contributed by atoms with Crippen molar-refractivity contribution in [3.8, 4) is 5.75 Å². The smallest absolute Gasteiger partial charge is 0.344 e. The van der Waals surface area contributed by atoms with E-state index >= 15 is 0 Å². The summed E-state index contributed by atoms with van der Waals surface area (Å²) in [4.78, 5) is 23.3. The van der Waals surface area contributed by atoms with Crippen LogP contribution in [-0.4, -0.2) is 31.1 Å². The maximum atomic E-state index is 11.7. The van der Waals surface area contributed by atoms with Crippen LogP contribution in [0.5, 0.6) is 5.75 Å². The molecule has 0 saturated heterocycles. The maximum Gasteiger partial charge on any atom is 0.344 e. The maximum absolute atomic E-state index is 11.7. The van der Waals surface area contributed by atoms with Crippen molar-refractivity contribution in [1.29, 1.82) is 0 Å². The number of aryl methyl sites for hydroxylation is 2. The van der Waals surface area contributed by atoms with Crippen molar-refractivity contribution in [1.82, 2.24) is 5.32 Å². The molecule has 0 heterocycles. The monoisotopic (exact) mass is 341 g/mol. The van der Waals surface area contributed by atoms with Crippen LogP contribution in [0.25, 0.3) is 0 Å². The van der Waals surface area contributed by atoms with Crippen LogP contribution in [0.15, 0.2) is 12.1 Å². The number of hydrogen-bond donors (Lipinski definition) is 1. The molecule has 5 nitrogen and oxygen atoms in total. The molecule has 23 heavy (non-hydrogen) atoms. The number of ether oxygens (including phenoxy) is 2. The van der Waals surface area contributed by atoms with Crippen molar-refractivity contribution >= 4 is 23.5 Å². The molecule has 1 aromatic carbocycles. The number of carbonyl (C=O) groups is 2. The third kappa shape index (κ3) is 6.48. The number of esters is 1. The van der Waals surface area contributed by atoms with Gasteiger partial charge in [-0.3, -0.25) is 4.79 Å². The lowest BCUT2D eigenvalue weighted by Gasteiger charge is -2.17. The van der Waals surface area contributed by atoms with Crippen LogP contribution < -0.4 is 10.1 Å². The van der Waals surface area contributed by atoms with Crippen molar-refractivity contribution in [2.24, 2.45) is 5.92 Å². The van der Waals surface area contributed by atoms with E-state index in [1.807, 2.05) is 34.6 Å². The Labute approximate surface area is 142 Å². The molecular formula is C17H24ClNO4. The molecule has 1 amide bonds. The van der Waals surface area contributed by atoms with Gasteiger partial charge in [-0.25, -0.2) is 4.79 Å². The van der Waals surface area contributed by atoms with Crippen molar-refractivity contribution in [2.45, 2.75) is 40.7 Å². The van der Waals surface area contributed by atoms with E-state index in [-0.39, 0.29) is 25.2 Å². The van der Waals surface area contributed by atoms with E-state index in [0.717, 1.165) is 11.1 Å². The van der Waals surface area contributed by atoms with E-state index < -0.39 is 5.97 Å². The van der Waals surface area contributed by atoms with Crippen LogP contribution in [0, 0.1) is 19.8 Å². The first-order valence-electron chi connectivity index (χ1n) is 7.55. The predicted molar refractivity (Wildman–Crippen MR) is 89.8 cm³/mol. The molecule has 0 radical (unpaired) electrons. The molecule has 0 spiro atoms. The topological polar surface area (TPSA) is 64.6 Å². The van der Waals surface area contributed by atoms with E-state index in [4.69, 9.17) is 21.1 Å². The average Bonchev–Trinajstić information content (AvgIpc) is 2.43. The van der Waals surface area contributed by atoms with Crippen molar-refractivity contribution in [3.05, 3.63) is 28.3 Å². The van der Waals surface area contributed by atoms with E-state index in [1.54, 1.807) is 12.1 Å². The zero-order chi connectivity index (χ0) is 17.6. The van der Waals surface area contributed by atoms with Gasteiger partial charge in [-0.2, -0.15) is 0 Å². The van der Waals surface area contributed by atoms with Crippen molar-refractivity contribution in [2.75, 3.05) is 13.2 Å². The largest absolute Gasteiger partial charge is 0.481 e. The van der Waals surface area contributed by atoms with Gasteiger partial charge in [-0.15, -0.1) is 0 Å². The Morgan fingerprint density at radius 3 is 2.22 bits per heavy atom. The first kappa shape index (κ1) is 19.3. The van der Waals surface area contributed by atoms with Gasteiger partial charge in [0.25, 0.3) is 5.91 Å². The molecule has 1 atom stereocenters. The van der Waals surface area contributed by atoms with E-state index in [9.17, 15) is 9.59 Å². The van der Waals surface area contributed by atoms with Gasteiger partial charge in [0.05, 0.1) is 0 Å². The summed E-state index contributed by atoms with van der Waals surface area (Å²) in [7, 11) is 0. The predicted octanol–water partition coefficient (Wildman–Crippen LogP) is 3.04. The molecule has 1 aromatic rings. The second-order valence-corrected chi connectivity index (χ2v) is 6.35. The van der Waals surface area contributed by atoms with Gasteiger partial charge in [-0.1, -0.05) is 25.4 Å². The summed E-state index contributed by atoms with van der Waals surface area (Å²) in [5.41, 5.74) is 1.68. The number of carbonyl (C=O) groups excluding carboxylic acids is 2. The highest BCUT2D eigenvalue weighted by Crippen LogP contribution is 2.26. The molecule has 6 heteroatoms. The lowest BCUT2D eigenvalue weighted by atomic mass is 10.1. The van der Waals surface area contributed by atoms with Crippen LogP contribution >= 0.6 is 11.6 Å². The van der Waals surface area contributed by atoms with Crippen molar-refractivity contribution < 1.29 is 19.1 Å². The molecule has 0 saturated carbocycles. The number of hydrogen-bond acceptors (Lipinski definition) is 4. The van der Waals surface area contributed by atoms with E-state index in [1.165, 1.54) is 0 Å². The first-order valence-corrected chi connectivity index (χ1v) is 7.93. The fourth-order valence-corrected chi connectivity index (χ4v) is 2.23. The van der Waals surface area contributed by atoms with Gasteiger partial charge in [0, 0.05) is 11.1 Å². The Morgan fingerprint density at radius 2 is 1.70 bits per heavy atom. The summed E-state index contributed by atoms with van der Waals surface area (Å²) >= 11 is 5.94. The molecule has 0 aromatic heterocycles. The number of benzene rings is 1. The van der Waals surface area contributed by atoms with Gasteiger partial charge in [0.1, 0.15) is 5.75 Å². The minimum Gasteiger partial charge on any atom is -0.481 e. The van der Waals surface area contributed by atoms with E-state index in [2.05, 4.69) is 5.32 Å². The zero-order valence-corrected chi connectivity index (χ0v) is 15.0. The third-order valence-electron chi connectivity index (χ3n) is 3.51. The summed E-state index contributed by atoms with van der Waals surface area (Å²) in [6, 6.07) is 3.54. The van der Waals surface area contributed by atoms with Crippen LogP contribution in [0.3, 0.4) is 0 Å². The Bertz CT molecular complexity index is 549. The van der Waals surface area contributed by atoms with Gasteiger partial charge < -0.3 is 14.8 Å². The molecule has 0 bridgehead atoms. The Morgan fingerprint density at radius 1 is 1.13 bits per heavy atom. The first-order chi connectivity index (χ1) is 10.7. The highest BCUT2D eigenvalue weighted by Gasteiger charge is 2.14. The van der Waals surface area contributed by atoms with Gasteiger partial charge >= 0.3 is 5.97 Å². The van der Waals surface area contributed by atoms with Crippen LogP contribution in [0.4, 0.5) is 0 Å². The summed E-state index contributed by atoms with van der Waals surface area (Å²) in [5.74, 6) is 0.00238. The van der Waals surface area contributed by atoms with Crippen LogP contribution in [0.2, 0.25) is 5.02 Å². The minimum absolute atomic E-state index is 0.0248. The number of rotatable bonds is 7. The molecule has 1 N–H and O–H groups in total. The molecular weight excluding hydrogens is 318 g/mol. The molecule has 0 unspecified atom stereocenters. The summed E-state index contributed by atoms with van der Waals surface area (Å²) in [6.07, 6.45) is 0. The number of halogens is 1. The average molecular weight is 342 g/mol. The number of amides is 1. The number of nitrogens with one attached hydrogen (secondary N) is 1. The standard InChI is InChI=1S/C17H24ClNO4/c1-10(2)13(5)19-15(20)8-22-16(21)9-23-17-11(3)6-14(18)7-12(17)4/h6-7,10,13H,8-9H2,1-5H3,(H,19,20)/t13-/m1/s1. The van der Waals surface area contributed by atoms with E-state index in [0.29, 0.717) is 16.7 Å². The zero-order valence-electron chi connectivity index (χ0n) is 14.2. The highest BCUT2D eigenvalue weighted by atomic mass is 35.5. The second kappa shape index (κ2) is 8.77. The molecule has 0 fully saturated rings. The minimum atomic E-state index is -0.592. The Hall–Kier alpha value is -1.75. The van der Waals surface area contributed by atoms with Crippen molar-refractivity contribution in [3.63, 3.8) is 0 Å². The van der Waals surface area contributed by atoms with Gasteiger partial charge in [-0.05, 0) is 49.9 Å².